The van der Waals surface area contributed by atoms with Crippen LogP contribution in [0.3, 0.4) is 0 Å². The number of hydrogen-bond acceptors (Lipinski definition) is 5. The number of anilines is 1. The van der Waals surface area contributed by atoms with E-state index in [1.165, 1.54) is 6.92 Å². The van der Waals surface area contributed by atoms with Crippen LogP contribution >= 0.6 is 0 Å². The van der Waals surface area contributed by atoms with Gasteiger partial charge >= 0.3 is 0 Å². The van der Waals surface area contributed by atoms with E-state index in [1.54, 1.807) is 12.1 Å². The minimum absolute atomic E-state index is 0.0544. The van der Waals surface area contributed by atoms with E-state index in [4.69, 9.17) is 15.2 Å². The van der Waals surface area contributed by atoms with Gasteiger partial charge in [-0.2, -0.15) is 0 Å². The van der Waals surface area contributed by atoms with Crippen LogP contribution in [0.5, 0.6) is 17.2 Å². The predicted molar refractivity (Wildman–Crippen MR) is 108 cm³/mol. The number of unbranched alkanes of at least 4 members (excludes halogenated alkanes) is 2. The fourth-order valence-electron chi connectivity index (χ4n) is 2.85. The van der Waals surface area contributed by atoms with Crippen LogP contribution < -0.4 is 15.2 Å². The number of benzene rings is 2. The highest BCUT2D eigenvalue weighted by atomic mass is 16.5. The van der Waals surface area contributed by atoms with Crippen LogP contribution in [0.4, 0.5) is 5.69 Å². The number of rotatable bonds is 11. The predicted octanol–water partition coefficient (Wildman–Crippen LogP) is 4.76. The number of ether oxygens (including phenoxy) is 2. The summed E-state index contributed by atoms with van der Waals surface area (Å²) in [7, 11) is 0. The number of carbonyl (C=O) groups excluding carboxylic acids is 1. The lowest BCUT2D eigenvalue weighted by molar-refractivity contribution is 0.101. The SMILES string of the molecule is CCCc1c(OCCCCCOc2ccc(N)cc2)ccc(C(C)=O)c1O. The zero-order valence-corrected chi connectivity index (χ0v) is 16.2. The van der Waals surface area contributed by atoms with Crippen LogP contribution in [0.1, 0.15) is 55.5 Å². The van der Waals surface area contributed by atoms with Crippen molar-refractivity contribution in [3.63, 3.8) is 0 Å². The maximum Gasteiger partial charge on any atom is 0.163 e. The van der Waals surface area contributed by atoms with Gasteiger partial charge in [0, 0.05) is 11.3 Å². The van der Waals surface area contributed by atoms with Crippen LogP contribution in [-0.2, 0) is 6.42 Å². The van der Waals surface area contributed by atoms with Gasteiger partial charge in [-0.05, 0) is 69.0 Å². The molecule has 27 heavy (non-hydrogen) atoms. The molecule has 3 N–H and O–H groups in total. The summed E-state index contributed by atoms with van der Waals surface area (Å²) in [5.74, 6) is 1.40. The van der Waals surface area contributed by atoms with Gasteiger partial charge < -0.3 is 20.3 Å². The van der Waals surface area contributed by atoms with Gasteiger partial charge in [0.15, 0.2) is 5.78 Å². The third-order valence-corrected chi connectivity index (χ3v) is 4.31. The number of hydrogen-bond donors (Lipinski definition) is 2. The fraction of sp³-hybridized carbons (Fsp3) is 0.409. The van der Waals surface area contributed by atoms with E-state index in [0.29, 0.717) is 30.9 Å². The van der Waals surface area contributed by atoms with Gasteiger partial charge in [0.25, 0.3) is 0 Å². The second-order valence-corrected chi connectivity index (χ2v) is 6.57. The third kappa shape index (κ3) is 6.20. The minimum Gasteiger partial charge on any atom is -0.507 e. The van der Waals surface area contributed by atoms with E-state index < -0.39 is 0 Å². The molecule has 146 valence electrons. The highest BCUT2D eigenvalue weighted by molar-refractivity contribution is 5.97. The molecule has 2 rings (SSSR count). The first-order valence-corrected chi connectivity index (χ1v) is 9.49. The first-order valence-electron chi connectivity index (χ1n) is 9.49. The maximum absolute atomic E-state index is 11.6. The molecule has 0 aliphatic rings. The van der Waals surface area contributed by atoms with E-state index in [2.05, 4.69) is 0 Å². The number of carbonyl (C=O) groups is 1. The number of phenols is 1. The Morgan fingerprint density at radius 3 is 2.30 bits per heavy atom. The summed E-state index contributed by atoms with van der Waals surface area (Å²) in [4.78, 5) is 11.6. The number of phenolic OH excluding ortho intramolecular Hbond substituents is 1. The monoisotopic (exact) mass is 371 g/mol. The molecule has 2 aromatic rings. The second-order valence-electron chi connectivity index (χ2n) is 6.57. The molecule has 0 atom stereocenters. The summed E-state index contributed by atoms with van der Waals surface area (Å²) < 4.78 is 11.5. The number of ketones is 1. The Bertz CT molecular complexity index is 741. The van der Waals surface area contributed by atoms with E-state index in [9.17, 15) is 9.90 Å². The summed E-state index contributed by atoms with van der Waals surface area (Å²) >= 11 is 0. The fourth-order valence-corrected chi connectivity index (χ4v) is 2.85. The van der Waals surface area contributed by atoms with E-state index in [0.717, 1.165) is 42.7 Å². The Labute approximate surface area is 161 Å². The molecule has 0 heterocycles. The molecular weight excluding hydrogens is 342 g/mol. The van der Waals surface area contributed by atoms with Gasteiger partial charge in [-0.1, -0.05) is 13.3 Å². The number of aromatic hydroxyl groups is 1. The molecule has 0 aliphatic carbocycles. The molecule has 0 aliphatic heterocycles. The van der Waals surface area contributed by atoms with Crippen LogP contribution in [0.15, 0.2) is 36.4 Å². The van der Waals surface area contributed by atoms with Gasteiger partial charge in [-0.25, -0.2) is 0 Å². The Hall–Kier alpha value is -2.69. The summed E-state index contributed by atoms with van der Waals surface area (Å²) in [6.07, 6.45) is 4.36. The number of Topliss-reactive ketones (excluding diaryl/α,β-unsaturated/α-hetero) is 1. The maximum atomic E-state index is 11.6. The third-order valence-electron chi connectivity index (χ3n) is 4.31. The largest absolute Gasteiger partial charge is 0.507 e. The zero-order valence-electron chi connectivity index (χ0n) is 16.2. The van der Waals surface area contributed by atoms with Crippen molar-refractivity contribution >= 4 is 11.5 Å². The Morgan fingerprint density at radius 1 is 1.00 bits per heavy atom. The highest BCUT2D eigenvalue weighted by Gasteiger charge is 2.15. The molecule has 0 radical (unpaired) electrons. The van der Waals surface area contributed by atoms with Gasteiger partial charge in [0.05, 0.1) is 18.8 Å². The molecule has 0 spiro atoms. The van der Waals surface area contributed by atoms with Crippen molar-refractivity contribution in [1.29, 1.82) is 0 Å². The van der Waals surface area contributed by atoms with Crippen LogP contribution in [0.2, 0.25) is 0 Å². The molecule has 0 fully saturated rings. The first kappa shape index (κ1) is 20.6. The van der Waals surface area contributed by atoms with Crippen molar-refractivity contribution in [3.8, 4) is 17.2 Å². The first-order chi connectivity index (χ1) is 13.0. The molecule has 2 aromatic carbocycles. The lowest BCUT2D eigenvalue weighted by Crippen LogP contribution is -2.04. The Morgan fingerprint density at radius 2 is 1.67 bits per heavy atom. The summed E-state index contributed by atoms with van der Waals surface area (Å²) in [6.45, 7) is 4.71. The highest BCUT2D eigenvalue weighted by Crippen LogP contribution is 2.33. The van der Waals surface area contributed by atoms with Crippen LogP contribution in [0.25, 0.3) is 0 Å². The second kappa shape index (κ2) is 10.5. The topological polar surface area (TPSA) is 81.8 Å². The zero-order chi connectivity index (χ0) is 19.6. The van der Waals surface area contributed by atoms with Crippen molar-refractivity contribution in [2.45, 2.75) is 46.0 Å². The molecule has 0 bridgehead atoms. The van der Waals surface area contributed by atoms with Gasteiger partial charge in [0.1, 0.15) is 17.2 Å². The van der Waals surface area contributed by atoms with Gasteiger partial charge in [0.2, 0.25) is 0 Å². The summed E-state index contributed by atoms with van der Waals surface area (Å²) in [6, 6.07) is 10.8. The quantitative estimate of drug-likeness (QED) is 0.338. The van der Waals surface area contributed by atoms with Crippen molar-refractivity contribution in [2.75, 3.05) is 18.9 Å². The van der Waals surface area contributed by atoms with Crippen LogP contribution in [0, 0.1) is 0 Å². The molecule has 5 nitrogen and oxygen atoms in total. The number of nitrogen functional groups attached to an aromatic ring is 1. The summed E-state index contributed by atoms with van der Waals surface area (Å²) in [5.41, 5.74) is 7.44. The van der Waals surface area contributed by atoms with Crippen molar-refractivity contribution < 1.29 is 19.4 Å². The summed E-state index contributed by atoms with van der Waals surface area (Å²) in [5, 5.41) is 10.3. The smallest absolute Gasteiger partial charge is 0.163 e. The van der Waals surface area contributed by atoms with Crippen molar-refractivity contribution in [1.82, 2.24) is 0 Å². The van der Waals surface area contributed by atoms with Crippen molar-refractivity contribution in [3.05, 3.63) is 47.5 Å². The average molecular weight is 371 g/mol. The average Bonchev–Trinajstić information content (AvgIpc) is 2.64. The molecule has 5 heteroatoms. The molecule has 0 amide bonds. The molecule has 0 unspecified atom stereocenters. The van der Waals surface area contributed by atoms with E-state index in [1.807, 2.05) is 31.2 Å². The minimum atomic E-state index is -0.141. The van der Waals surface area contributed by atoms with Gasteiger partial charge in [-0.3, -0.25) is 4.79 Å². The lowest BCUT2D eigenvalue weighted by atomic mass is 10.0. The molecule has 0 saturated carbocycles. The normalized spacial score (nSPS) is 10.6. The van der Waals surface area contributed by atoms with E-state index >= 15 is 0 Å². The Balaban J connectivity index is 1.75. The van der Waals surface area contributed by atoms with Crippen molar-refractivity contribution in [2.24, 2.45) is 0 Å². The number of nitrogens with two attached hydrogens (primary N) is 1. The van der Waals surface area contributed by atoms with Gasteiger partial charge in [-0.15, -0.1) is 0 Å². The molecule has 0 aromatic heterocycles. The molecule has 0 saturated heterocycles. The lowest BCUT2D eigenvalue weighted by Gasteiger charge is -2.14. The molecular formula is C22H29NO4. The standard InChI is InChI=1S/C22H29NO4/c1-3-7-20-21(13-12-19(16(2)24)22(20)25)27-15-6-4-5-14-26-18-10-8-17(23)9-11-18/h8-13,25H,3-7,14-15,23H2,1-2H3. The van der Waals surface area contributed by atoms with Crippen LogP contribution in [-0.4, -0.2) is 24.1 Å². The van der Waals surface area contributed by atoms with E-state index in [-0.39, 0.29) is 11.5 Å². The Kier molecular flexibility index (Phi) is 7.99.